The van der Waals surface area contributed by atoms with Crippen LogP contribution in [0.4, 0.5) is 5.69 Å². The van der Waals surface area contributed by atoms with Crippen LogP contribution in [0.1, 0.15) is 25.8 Å². The van der Waals surface area contributed by atoms with Crippen LogP contribution in [-0.2, 0) is 0 Å². The van der Waals surface area contributed by atoms with E-state index in [9.17, 15) is 0 Å². The second-order valence-electron chi connectivity index (χ2n) is 5.39. The summed E-state index contributed by atoms with van der Waals surface area (Å²) in [6.45, 7) is 10.1. The molecule has 0 aliphatic carbocycles. The van der Waals surface area contributed by atoms with E-state index >= 15 is 0 Å². The lowest BCUT2D eigenvalue weighted by Crippen LogP contribution is -2.44. The Morgan fingerprint density at radius 1 is 1.29 bits per heavy atom. The van der Waals surface area contributed by atoms with Crippen LogP contribution in [-0.4, -0.2) is 25.2 Å². The number of anilines is 1. The quantitative estimate of drug-likeness (QED) is 0.855. The van der Waals surface area contributed by atoms with E-state index in [1.807, 2.05) is 0 Å². The maximum absolute atomic E-state index is 3.53. The van der Waals surface area contributed by atoms with Gasteiger partial charge in [0.1, 0.15) is 0 Å². The summed E-state index contributed by atoms with van der Waals surface area (Å²) in [6.07, 6.45) is 1.18. The first-order chi connectivity index (χ1) is 8.00. The predicted octanol–water partition coefficient (Wildman–Crippen LogP) is 3.34. The van der Waals surface area contributed by atoms with E-state index in [2.05, 4.69) is 65.1 Å². The van der Waals surface area contributed by atoms with Crippen molar-refractivity contribution >= 4 is 21.6 Å². The zero-order valence-corrected chi connectivity index (χ0v) is 12.5. The van der Waals surface area contributed by atoms with Crippen LogP contribution in [0.15, 0.2) is 22.7 Å². The number of nitrogens with one attached hydrogen (secondary N) is 1. The molecular weight excluding hydrogens is 276 g/mol. The molecule has 0 bridgehead atoms. The number of aryl methyl sites for hydroxylation is 1. The van der Waals surface area contributed by atoms with Gasteiger partial charge < -0.3 is 10.2 Å². The van der Waals surface area contributed by atoms with Crippen molar-refractivity contribution in [3.8, 4) is 0 Å². The first-order valence-electron chi connectivity index (χ1n) is 6.25. The summed E-state index contributed by atoms with van der Waals surface area (Å²) in [4.78, 5) is 2.54. The average molecular weight is 297 g/mol. The van der Waals surface area contributed by atoms with E-state index in [4.69, 9.17) is 0 Å². The topological polar surface area (TPSA) is 15.3 Å². The number of hydrogen-bond acceptors (Lipinski definition) is 2. The highest BCUT2D eigenvalue weighted by Gasteiger charge is 2.29. The van der Waals surface area contributed by atoms with Crippen LogP contribution in [0.2, 0.25) is 0 Å². The van der Waals surface area contributed by atoms with E-state index in [1.165, 1.54) is 17.7 Å². The second kappa shape index (κ2) is 4.99. The van der Waals surface area contributed by atoms with Gasteiger partial charge in [-0.3, -0.25) is 0 Å². The maximum atomic E-state index is 3.53. The lowest BCUT2D eigenvalue weighted by Gasteiger charge is -2.39. The molecule has 0 radical (unpaired) electrons. The monoisotopic (exact) mass is 296 g/mol. The Morgan fingerprint density at radius 3 is 2.76 bits per heavy atom. The minimum Gasteiger partial charge on any atom is -0.365 e. The summed E-state index contributed by atoms with van der Waals surface area (Å²) in [5, 5.41) is 3.48. The molecule has 1 heterocycles. The van der Waals surface area contributed by atoms with Gasteiger partial charge in [-0.2, -0.15) is 0 Å². The van der Waals surface area contributed by atoms with Crippen molar-refractivity contribution < 1.29 is 0 Å². The highest BCUT2D eigenvalue weighted by Crippen LogP contribution is 2.31. The Kier molecular flexibility index (Phi) is 3.79. The highest BCUT2D eigenvalue weighted by molar-refractivity contribution is 9.10. The third-order valence-corrected chi connectivity index (χ3v) is 4.10. The normalized spacial score (nSPS) is 20.1. The third-order valence-electron chi connectivity index (χ3n) is 3.61. The molecule has 0 aromatic heterocycles. The molecule has 1 saturated heterocycles. The van der Waals surface area contributed by atoms with Crippen LogP contribution >= 0.6 is 15.9 Å². The zero-order valence-electron chi connectivity index (χ0n) is 10.9. The fourth-order valence-electron chi connectivity index (χ4n) is 2.52. The molecule has 1 aliphatic rings. The van der Waals surface area contributed by atoms with E-state index in [0.717, 1.165) is 24.1 Å². The SMILES string of the molecule is Cc1cc(Br)ccc1N1CCNCCC1(C)C. The van der Waals surface area contributed by atoms with Gasteiger partial charge in [-0.1, -0.05) is 15.9 Å². The second-order valence-corrected chi connectivity index (χ2v) is 6.31. The lowest BCUT2D eigenvalue weighted by molar-refractivity contribution is 0.453. The zero-order chi connectivity index (χ0) is 12.5. The summed E-state index contributed by atoms with van der Waals surface area (Å²) < 4.78 is 1.16. The minimum absolute atomic E-state index is 0.224. The first kappa shape index (κ1) is 12.9. The van der Waals surface area contributed by atoms with E-state index < -0.39 is 0 Å². The van der Waals surface area contributed by atoms with Gasteiger partial charge in [0, 0.05) is 28.8 Å². The molecule has 1 fully saturated rings. The van der Waals surface area contributed by atoms with Crippen LogP contribution in [0.25, 0.3) is 0 Å². The van der Waals surface area contributed by atoms with E-state index in [0.29, 0.717) is 0 Å². The van der Waals surface area contributed by atoms with Crippen LogP contribution in [0.3, 0.4) is 0 Å². The smallest absolute Gasteiger partial charge is 0.0401 e. The molecule has 3 heteroatoms. The molecule has 1 aromatic rings. The summed E-state index contributed by atoms with van der Waals surface area (Å²) in [5.41, 5.74) is 2.93. The highest BCUT2D eigenvalue weighted by atomic mass is 79.9. The Labute approximate surface area is 113 Å². The maximum Gasteiger partial charge on any atom is 0.0401 e. The van der Waals surface area contributed by atoms with Gasteiger partial charge in [0.15, 0.2) is 0 Å². The van der Waals surface area contributed by atoms with Gasteiger partial charge in [0.25, 0.3) is 0 Å². The molecule has 0 unspecified atom stereocenters. The van der Waals surface area contributed by atoms with Gasteiger partial charge in [0.05, 0.1) is 0 Å². The molecule has 94 valence electrons. The van der Waals surface area contributed by atoms with Gasteiger partial charge in [-0.15, -0.1) is 0 Å². The molecule has 0 atom stereocenters. The number of hydrogen-bond donors (Lipinski definition) is 1. The van der Waals surface area contributed by atoms with Crippen LogP contribution in [0.5, 0.6) is 0 Å². The molecule has 0 saturated carbocycles. The van der Waals surface area contributed by atoms with Crippen molar-refractivity contribution in [2.45, 2.75) is 32.7 Å². The Bertz CT molecular complexity index is 401. The standard InChI is InChI=1S/C14H21BrN2/c1-11-10-12(15)4-5-13(11)17-9-8-16-7-6-14(17,2)3/h4-5,10,16H,6-9H2,1-3H3. The largest absolute Gasteiger partial charge is 0.365 e. The van der Waals surface area contributed by atoms with Crippen LogP contribution in [0, 0.1) is 6.92 Å². The average Bonchev–Trinajstić information content (AvgIpc) is 2.40. The molecule has 1 aliphatic heterocycles. The molecule has 17 heavy (non-hydrogen) atoms. The van der Waals surface area contributed by atoms with Gasteiger partial charge in [0.2, 0.25) is 0 Å². The molecule has 0 spiro atoms. The number of benzene rings is 1. The Morgan fingerprint density at radius 2 is 2.06 bits per heavy atom. The summed E-state index contributed by atoms with van der Waals surface area (Å²) in [7, 11) is 0. The molecule has 0 amide bonds. The Hall–Kier alpha value is -0.540. The van der Waals surface area contributed by atoms with Gasteiger partial charge in [-0.25, -0.2) is 0 Å². The van der Waals surface area contributed by atoms with Gasteiger partial charge >= 0.3 is 0 Å². The summed E-state index contributed by atoms with van der Waals surface area (Å²) in [6, 6.07) is 6.56. The van der Waals surface area contributed by atoms with Crippen LogP contribution < -0.4 is 10.2 Å². The predicted molar refractivity (Wildman–Crippen MR) is 77.8 cm³/mol. The fraction of sp³-hybridized carbons (Fsp3) is 0.571. The molecular formula is C14H21BrN2. The molecule has 2 nitrogen and oxygen atoms in total. The van der Waals surface area contributed by atoms with Crippen molar-refractivity contribution in [1.29, 1.82) is 0 Å². The Balaban J connectivity index is 2.35. The summed E-state index contributed by atoms with van der Waals surface area (Å²) >= 11 is 3.53. The number of halogens is 1. The molecule has 2 rings (SSSR count). The number of nitrogens with zero attached hydrogens (tertiary/aromatic N) is 1. The fourth-order valence-corrected chi connectivity index (χ4v) is 2.99. The molecule has 1 aromatic carbocycles. The minimum atomic E-state index is 0.224. The van der Waals surface area contributed by atoms with Crippen molar-refractivity contribution in [3.63, 3.8) is 0 Å². The van der Waals surface area contributed by atoms with Crippen molar-refractivity contribution in [3.05, 3.63) is 28.2 Å². The number of rotatable bonds is 1. The van der Waals surface area contributed by atoms with Crippen molar-refractivity contribution in [2.75, 3.05) is 24.5 Å². The summed E-state index contributed by atoms with van der Waals surface area (Å²) in [5.74, 6) is 0. The van der Waals surface area contributed by atoms with E-state index in [1.54, 1.807) is 0 Å². The third kappa shape index (κ3) is 2.83. The van der Waals surface area contributed by atoms with Gasteiger partial charge in [-0.05, 0) is 57.5 Å². The first-order valence-corrected chi connectivity index (χ1v) is 7.04. The molecule has 1 N–H and O–H groups in total. The van der Waals surface area contributed by atoms with E-state index in [-0.39, 0.29) is 5.54 Å². The van der Waals surface area contributed by atoms with Crippen molar-refractivity contribution in [1.82, 2.24) is 5.32 Å². The van der Waals surface area contributed by atoms with Crippen molar-refractivity contribution in [2.24, 2.45) is 0 Å². The lowest BCUT2D eigenvalue weighted by atomic mass is 9.97.